The van der Waals surface area contributed by atoms with Crippen molar-refractivity contribution in [3.8, 4) is 0 Å². The standard InChI is InChI=1S/C13H11FN4O3/c14-8-3-1-4-9(7-8)16-13(19)10-5-2-6-11(18(20)21)12(10)17-15/h1-7,17H,15H2,(H,16,19). The summed E-state index contributed by atoms with van der Waals surface area (Å²) in [6.45, 7) is 0. The van der Waals surface area contributed by atoms with E-state index in [1.54, 1.807) is 0 Å². The molecule has 21 heavy (non-hydrogen) atoms. The number of halogens is 1. The quantitative estimate of drug-likeness (QED) is 0.454. The molecule has 8 heteroatoms. The van der Waals surface area contributed by atoms with Crippen molar-refractivity contribution in [2.24, 2.45) is 5.84 Å². The van der Waals surface area contributed by atoms with Crippen LogP contribution >= 0.6 is 0 Å². The van der Waals surface area contributed by atoms with Crippen LogP contribution in [0.3, 0.4) is 0 Å². The summed E-state index contributed by atoms with van der Waals surface area (Å²) in [6.07, 6.45) is 0. The summed E-state index contributed by atoms with van der Waals surface area (Å²) in [6, 6.07) is 9.24. The smallest absolute Gasteiger partial charge is 0.294 e. The van der Waals surface area contributed by atoms with Crippen molar-refractivity contribution < 1.29 is 14.1 Å². The van der Waals surface area contributed by atoms with Gasteiger partial charge < -0.3 is 10.7 Å². The highest BCUT2D eigenvalue weighted by molar-refractivity contribution is 6.09. The average Bonchev–Trinajstić information content (AvgIpc) is 2.46. The molecule has 0 aliphatic heterocycles. The second-order valence-electron chi connectivity index (χ2n) is 4.07. The summed E-state index contributed by atoms with van der Waals surface area (Å²) >= 11 is 0. The first-order valence-electron chi connectivity index (χ1n) is 5.84. The molecular formula is C13H11FN4O3. The lowest BCUT2D eigenvalue weighted by molar-refractivity contribution is -0.384. The minimum atomic E-state index is -0.659. The summed E-state index contributed by atoms with van der Waals surface area (Å²) in [4.78, 5) is 22.4. The van der Waals surface area contributed by atoms with Gasteiger partial charge in [-0.15, -0.1) is 0 Å². The van der Waals surface area contributed by atoms with Crippen molar-refractivity contribution in [2.45, 2.75) is 0 Å². The maximum Gasteiger partial charge on any atom is 0.294 e. The lowest BCUT2D eigenvalue weighted by Crippen LogP contribution is -2.18. The van der Waals surface area contributed by atoms with E-state index < -0.39 is 16.6 Å². The lowest BCUT2D eigenvalue weighted by atomic mass is 10.1. The Morgan fingerprint density at radius 2 is 1.95 bits per heavy atom. The average molecular weight is 290 g/mol. The van der Waals surface area contributed by atoms with Crippen LogP contribution in [0.25, 0.3) is 0 Å². The molecule has 0 radical (unpaired) electrons. The number of nitrogens with one attached hydrogen (secondary N) is 2. The minimum Gasteiger partial charge on any atom is -0.322 e. The van der Waals surface area contributed by atoms with Crippen LogP contribution in [0, 0.1) is 15.9 Å². The number of rotatable bonds is 4. The maximum absolute atomic E-state index is 13.1. The Kier molecular flexibility index (Phi) is 4.10. The number of anilines is 2. The van der Waals surface area contributed by atoms with Crippen LogP contribution in [0.1, 0.15) is 10.4 Å². The number of nitro benzene ring substituents is 1. The number of carbonyl (C=O) groups is 1. The zero-order valence-corrected chi connectivity index (χ0v) is 10.7. The van der Waals surface area contributed by atoms with Gasteiger partial charge in [0, 0.05) is 11.8 Å². The van der Waals surface area contributed by atoms with Gasteiger partial charge in [0.15, 0.2) is 0 Å². The minimum absolute atomic E-state index is 0.0176. The molecule has 0 unspecified atom stereocenters. The number of para-hydroxylation sites is 1. The van der Waals surface area contributed by atoms with Crippen molar-refractivity contribution >= 4 is 23.0 Å². The number of nitrogens with zero attached hydrogens (tertiary/aromatic N) is 1. The fourth-order valence-corrected chi connectivity index (χ4v) is 1.80. The van der Waals surface area contributed by atoms with Gasteiger partial charge in [0.1, 0.15) is 11.5 Å². The van der Waals surface area contributed by atoms with Crippen LogP contribution in [-0.2, 0) is 0 Å². The summed E-state index contributed by atoms with van der Waals surface area (Å²) in [5.41, 5.74) is 1.92. The molecule has 0 fully saturated rings. The van der Waals surface area contributed by atoms with Gasteiger partial charge in [-0.2, -0.15) is 0 Å². The Hall–Kier alpha value is -3.00. The molecule has 7 nitrogen and oxygen atoms in total. The molecule has 4 N–H and O–H groups in total. The van der Waals surface area contributed by atoms with Crippen LogP contribution in [0.15, 0.2) is 42.5 Å². The molecule has 0 spiro atoms. The zero-order chi connectivity index (χ0) is 15.4. The van der Waals surface area contributed by atoms with Gasteiger partial charge in [-0.1, -0.05) is 12.1 Å². The third kappa shape index (κ3) is 3.12. The van der Waals surface area contributed by atoms with Crippen LogP contribution in [0.2, 0.25) is 0 Å². The number of benzene rings is 2. The van der Waals surface area contributed by atoms with Gasteiger partial charge in [-0.05, 0) is 24.3 Å². The fourth-order valence-electron chi connectivity index (χ4n) is 1.80. The maximum atomic E-state index is 13.1. The lowest BCUT2D eigenvalue weighted by Gasteiger charge is -2.10. The molecule has 0 saturated carbocycles. The molecule has 0 saturated heterocycles. The van der Waals surface area contributed by atoms with E-state index in [1.807, 2.05) is 0 Å². The second-order valence-corrected chi connectivity index (χ2v) is 4.07. The van der Waals surface area contributed by atoms with Gasteiger partial charge >= 0.3 is 0 Å². The summed E-state index contributed by atoms with van der Waals surface area (Å²) < 4.78 is 13.1. The Labute approximate surface area is 118 Å². The first kappa shape index (κ1) is 14.4. The van der Waals surface area contributed by atoms with Crippen molar-refractivity contribution in [3.05, 3.63) is 64.0 Å². The van der Waals surface area contributed by atoms with Gasteiger partial charge in [0.25, 0.3) is 11.6 Å². The molecular weight excluding hydrogens is 279 g/mol. The molecule has 0 atom stereocenters. The third-order valence-electron chi connectivity index (χ3n) is 2.71. The zero-order valence-electron chi connectivity index (χ0n) is 10.7. The van der Waals surface area contributed by atoms with Gasteiger partial charge in [-0.3, -0.25) is 20.8 Å². The van der Waals surface area contributed by atoms with E-state index in [0.717, 1.165) is 6.07 Å². The number of nitrogen functional groups attached to an aromatic ring is 1. The molecule has 2 aromatic rings. The van der Waals surface area contributed by atoms with E-state index >= 15 is 0 Å². The predicted molar refractivity (Wildman–Crippen MR) is 75.3 cm³/mol. The summed E-state index contributed by atoms with van der Waals surface area (Å²) in [7, 11) is 0. The number of nitro groups is 1. The highest BCUT2D eigenvalue weighted by atomic mass is 19.1. The Balaban J connectivity index is 2.35. The molecule has 0 bridgehead atoms. The first-order chi connectivity index (χ1) is 10.0. The van der Waals surface area contributed by atoms with Crippen LogP contribution in [0.5, 0.6) is 0 Å². The van der Waals surface area contributed by atoms with Gasteiger partial charge in [0.2, 0.25) is 0 Å². The van der Waals surface area contributed by atoms with E-state index in [9.17, 15) is 19.3 Å². The second kappa shape index (κ2) is 5.97. The van der Waals surface area contributed by atoms with E-state index in [0.29, 0.717) is 0 Å². The highest BCUT2D eigenvalue weighted by Crippen LogP contribution is 2.28. The number of hydrazine groups is 1. The first-order valence-corrected chi connectivity index (χ1v) is 5.84. The molecule has 108 valence electrons. The Morgan fingerprint density at radius 3 is 2.57 bits per heavy atom. The normalized spacial score (nSPS) is 10.0. The van der Waals surface area contributed by atoms with Gasteiger partial charge in [-0.25, -0.2) is 4.39 Å². The van der Waals surface area contributed by atoms with Crippen molar-refractivity contribution in [3.63, 3.8) is 0 Å². The number of hydrogen-bond donors (Lipinski definition) is 3. The van der Waals surface area contributed by atoms with Crippen molar-refractivity contribution in [1.29, 1.82) is 0 Å². The van der Waals surface area contributed by atoms with Crippen molar-refractivity contribution in [1.82, 2.24) is 0 Å². The summed E-state index contributed by atoms with van der Waals surface area (Å²) in [5.74, 6) is 4.10. The SMILES string of the molecule is NNc1c(C(=O)Nc2cccc(F)c2)cccc1[N+](=O)[O-]. The monoisotopic (exact) mass is 290 g/mol. The number of nitrogens with two attached hydrogens (primary N) is 1. The van der Waals surface area contributed by atoms with E-state index in [1.165, 1.54) is 36.4 Å². The fraction of sp³-hybridized carbons (Fsp3) is 0. The van der Waals surface area contributed by atoms with Gasteiger partial charge in [0.05, 0.1) is 10.5 Å². The van der Waals surface area contributed by atoms with Crippen LogP contribution in [0.4, 0.5) is 21.5 Å². The Morgan fingerprint density at radius 1 is 1.24 bits per heavy atom. The predicted octanol–water partition coefficient (Wildman–Crippen LogP) is 2.27. The highest BCUT2D eigenvalue weighted by Gasteiger charge is 2.21. The van der Waals surface area contributed by atoms with Crippen molar-refractivity contribution in [2.75, 3.05) is 10.7 Å². The Bertz CT molecular complexity index is 706. The largest absolute Gasteiger partial charge is 0.322 e. The molecule has 2 rings (SSSR count). The van der Waals surface area contributed by atoms with E-state index in [-0.39, 0.29) is 22.6 Å². The topological polar surface area (TPSA) is 110 Å². The van der Waals surface area contributed by atoms with Crippen LogP contribution in [-0.4, -0.2) is 10.8 Å². The molecule has 1 amide bonds. The molecule has 0 aliphatic carbocycles. The molecule has 0 aromatic heterocycles. The number of hydrogen-bond acceptors (Lipinski definition) is 5. The number of amides is 1. The third-order valence-corrected chi connectivity index (χ3v) is 2.71. The van der Waals surface area contributed by atoms with Crippen LogP contribution < -0.4 is 16.6 Å². The summed E-state index contributed by atoms with van der Waals surface area (Å²) in [5, 5.41) is 13.3. The number of carbonyl (C=O) groups excluding carboxylic acids is 1. The molecule has 0 aliphatic rings. The van der Waals surface area contributed by atoms with E-state index in [4.69, 9.17) is 5.84 Å². The molecule has 0 heterocycles. The van der Waals surface area contributed by atoms with E-state index in [2.05, 4.69) is 10.7 Å². The molecule has 2 aromatic carbocycles.